The van der Waals surface area contributed by atoms with E-state index in [-0.39, 0.29) is 17.6 Å². The minimum Gasteiger partial charge on any atom is -0.372 e. The van der Waals surface area contributed by atoms with Crippen LogP contribution in [0.5, 0.6) is 0 Å². The lowest BCUT2D eigenvalue weighted by Gasteiger charge is -2.52. The van der Waals surface area contributed by atoms with Gasteiger partial charge in [0.25, 0.3) is 5.91 Å². The number of carbonyl (C=O) groups excluding carboxylic acids is 1. The fraction of sp³-hybridized carbons (Fsp3) is 0.588. The van der Waals surface area contributed by atoms with E-state index in [9.17, 15) is 4.79 Å². The van der Waals surface area contributed by atoms with Crippen LogP contribution in [0.1, 0.15) is 33.9 Å². The second kappa shape index (κ2) is 6.51. The maximum Gasteiger partial charge on any atom is 0.257 e. The molecule has 0 saturated carbocycles. The maximum atomic E-state index is 12.4. The highest BCUT2D eigenvalue weighted by atomic mass is 32.1. The summed E-state index contributed by atoms with van der Waals surface area (Å²) in [6, 6.07) is 0. The largest absolute Gasteiger partial charge is 0.372 e. The molecule has 1 amide bonds. The summed E-state index contributed by atoms with van der Waals surface area (Å²) in [6.45, 7) is 4.46. The van der Waals surface area contributed by atoms with E-state index in [2.05, 4.69) is 10.1 Å². The molecule has 0 N–H and O–H groups in total. The Morgan fingerprint density at radius 1 is 1.52 bits per heavy atom. The van der Waals surface area contributed by atoms with Gasteiger partial charge in [0.05, 0.1) is 48.3 Å². The van der Waals surface area contributed by atoms with Crippen LogP contribution in [0.4, 0.5) is 0 Å². The van der Waals surface area contributed by atoms with Crippen molar-refractivity contribution in [2.45, 2.75) is 38.1 Å². The van der Waals surface area contributed by atoms with Crippen molar-refractivity contribution in [3.63, 3.8) is 0 Å². The quantitative estimate of drug-likeness (QED) is 0.829. The number of ether oxygens (including phenoxy) is 2. The number of rotatable bonds is 4. The summed E-state index contributed by atoms with van der Waals surface area (Å²) in [5.41, 5.74) is 1.36. The zero-order valence-electron chi connectivity index (χ0n) is 14.5. The summed E-state index contributed by atoms with van der Waals surface area (Å²) in [4.78, 5) is 18.7. The van der Waals surface area contributed by atoms with Crippen LogP contribution >= 0.6 is 11.3 Å². The van der Waals surface area contributed by atoms with Crippen molar-refractivity contribution in [1.29, 1.82) is 0 Å². The third kappa shape index (κ3) is 3.47. The lowest BCUT2D eigenvalue weighted by molar-refractivity contribution is -0.188. The van der Waals surface area contributed by atoms with Gasteiger partial charge in [-0.3, -0.25) is 9.48 Å². The Bertz CT molecular complexity index is 766. The molecule has 4 heterocycles. The molecule has 0 bridgehead atoms. The van der Waals surface area contributed by atoms with Crippen molar-refractivity contribution in [3.8, 4) is 0 Å². The Balaban J connectivity index is 1.30. The first-order valence-electron chi connectivity index (χ1n) is 8.47. The molecule has 4 rings (SSSR count). The molecular formula is C17H22N4O3S. The molecule has 0 radical (unpaired) electrons. The minimum absolute atomic E-state index is 0.0170. The Morgan fingerprint density at radius 3 is 3.04 bits per heavy atom. The summed E-state index contributed by atoms with van der Waals surface area (Å²) in [5, 5.41) is 7.17. The number of amides is 1. The normalized spacial score (nSPS) is 22.2. The molecule has 2 aromatic heterocycles. The van der Waals surface area contributed by atoms with Crippen LogP contribution in [-0.2, 0) is 23.1 Å². The monoisotopic (exact) mass is 362 g/mol. The number of hydrogen-bond donors (Lipinski definition) is 0. The Hall–Kier alpha value is -1.77. The van der Waals surface area contributed by atoms with Crippen molar-refractivity contribution in [3.05, 3.63) is 34.0 Å². The highest BCUT2D eigenvalue weighted by Gasteiger charge is 2.49. The van der Waals surface area contributed by atoms with E-state index in [0.717, 1.165) is 23.5 Å². The zero-order valence-corrected chi connectivity index (χ0v) is 15.3. The van der Waals surface area contributed by atoms with E-state index in [4.69, 9.17) is 9.47 Å². The van der Waals surface area contributed by atoms with E-state index in [1.54, 1.807) is 28.4 Å². The molecule has 0 aliphatic carbocycles. The highest BCUT2D eigenvalue weighted by Crippen LogP contribution is 2.36. The Morgan fingerprint density at radius 2 is 2.36 bits per heavy atom. The summed E-state index contributed by atoms with van der Waals surface area (Å²) in [5.74, 6) is 0.0170. The van der Waals surface area contributed by atoms with Crippen LogP contribution in [0.3, 0.4) is 0 Å². The summed E-state index contributed by atoms with van der Waals surface area (Å²) >= 11 is 1.64. The fourth-order valence-electron chi connectivity index (χ4n) is 3.53. The van der Waals surface area contributed by atoms with Crippen LogP contribution < -0.4 is 0 Å². The number of nitrogens with zero attached hydrogens (tertiary/aromatic N) is 4. The molecule has 134 valence electrons. The van der Waals surface area contributed by atoms with Gasteiger partial charge in [-0.05, 0) is 13.3 Å². The summed E-state index contributed by atoms with van der Waals surface area (Å²) in [7, 11) is 1.81. The van der Waals surface area contributed by atoms with Gasteiger partial charge in [0, 0.05) is 31.7 Å². The first-order valence-corrected chi connectivity index (χ1v) is 9.35. The van der Waals surface area contributed by atoms with Crippen molar-refractivity contribution in [2.75, 3.05) is 19.7 Å². The fourth-order valence-corrected chi connectivity index (χ4v) is 4.13. The zero-order chi connectivity index (χ0) is 17.4. The third-order valence-electron chi connectivity index (χ3n) is 4.78. The van der Waals surface area contributed by atoms with Crippen molar-refractivity contribution in [1.82, 2.24) is 19.7 Å². The summed E-state index contributed by atoms with van der Waals surface area (Å²) < 4.78 is 13.7. The van der Waals surface area contributed by atoms with Gasteiger partial charge in [-0.2, -0.15) is 5.10 Å². The molecule has 25 heavy (non-hydrogen) atoms. The molecule has 1 spiro atoms. The summed E-state index contributed by atoms with van der Waals surface area (Å²) in [6.07, 6.45) is 5.23. The van der Waals surface area contributed by atoms with Crippen molar-refractivity contribution < 1.29 is 14.3 Å². The molecular weight excluding hydrogens is 340 g/mol. The van der Waals surface area contributed by atoms with Gasteiger partial charge in [0.1, 0.15) is 5.60 Å². The van der Waals surface area contributed by atoms with Gasteiger partial charge < -0.3 is 14.4 Å². The Kier molecular flexibility index (Phi) is 4.35. The van der Waals surface area contributed by atoms with E-state index in [1.165, 1.54) is 0 Å². The third-order valence-corrected chi connectivity index (χ3v) is 5.60. The number of likely N-dealkylation sites (tertiary alicyclic amines) is 1. The molecule has 2 fully saturated rings. The van der Waals surface area contributed by atoms with E-state index in [0.29, 0.717) is 31.9 Å². The molecule has 8 heteroatoms. The van der Waals surface area contributed by atoms with E-state index >= 15 is 0 Å². The van der Waals surface area contributed by atoms with Gasteiger partial charge >= 0.3 is 0 Å². The molecule has 2 saturated heterocycles. The first kappa shape index (κ1) is 16.7. The van der Waals surface area contributed by atoms with E-state index < -0.39 is 0 Å². The van der Waals surface area contributed by atoms with E-state index in [1.807, 2.05) is 24.3 Å². The molecule has 0 aromatic carbocycles. The molecule has 2 aliphatic rings. The average Bonchev–Trinajstić information content (AvgIpc) is 3.18. The average molecular weight is 362 g/mol. The van der Waals surface area contributed by atoms with Crippen molar-refractivity contribution >= 4 is 17.2 Å². The smallest absolute Gasteiger partial charge is 0.257 e. The number of thiazole rings is 1. The predicted octanol–water partition coefficient (Wildman–Crippen LogP) is 1.78. The lowest BCUT2D eigenvalue weighted by Crippen LogP contribution is -2.67. The van der Waals surface area contributed by atoms with Gasteiger partial charge in [-0.25, -0.2) is 4.98 Å². The predicted molar refractivity (Wildman–Crippen MR) is 92.5 cm³/mol. The van der Waals surface area contributed by atoms with Crippen molar-refractivity contribution in [2.24, 2.45) is 7.05 Å². The van der Waals surface area contributed by atoms with Crippen LogP contribution in [0.25, 0.3) is 0 Å². The second-order valence-electron chi connectivity index (χ2n) is 6.88. The molecule has 0 unspecified atom stereocenters. The SMILES string of the molecule is Cc1nc(CO[C@H]2CCOC3(C2)CN(C(=O)c2cnn(C)c2)C3)cs1. The van der Waals surface area contributed by atoms with Crippen LogP contribution in [0.15, 0.2) is 17.8 Å². The van der Waals surface area contributed by atoms with Gasteiger partial charge in [-0.15, -0.1) is 11.3 Å². The minimum atomic E-state index is -0.251. The molecule has 7 nitrogen and oxygen atoms in total. The van der Waals surface area contributed by atoms with Gasteiger partial charge in [0.2, 0.25) is 0 Å². The van der Waals surface area contributed by atoms with Gasteiger partial charge in [-0.1, -0.05) is 0 Å². The molecule has 2 aromatic rings. The maximum absolute atomic E-state index is 12.4. The first-order chi connectivity index (χ1) is 12.0. The topological polar surface area (TPSA) is 69.5 Å². The lowest BCUT2D eigenvalue weighted by atomic mass is 9.84. The van der Waals surface area contributed by atoms with Crippen LogP contribution in [0.2, 0.25) is 0 Å². The Labute approximate surface area is 150 Å². The highest BCUT2D eigenvalue weighted by molar-refractivity contribution is 7.09. The molecule has 1 atom stereocenters. The number of carbonyl (C=O) groups is 1. The standard InChI is InChI=1S/C17H22N4O3S/c1-12-19-14(9-25-12)8-23-15-3-4-24-17(5-15)10-21(11-17)16(22)13-6-18-20(2)7-13/h6-7,9,15H,3-5,8,10-11H2,1-2H3/t15-/m0/s1. The van der Waals surface area contributed by atoms with Crippen LogP contribution in [-0.4, -0.2) is 57.0 Å². The molecule has 2 aliphatic heterocycles. The number of aryl methyl sites for hydroxylation is 2. The van der Waals surface area contributed by atoms with Gasteiger partial charge in [0.15, 0.2) is 0 Å². The van der Waals surface area contributed by atoms with Crippen LogP contribution in [0, 0.1) is 6.92 Å². The number of hydrogen-bond acceptors (Lipinski definition) is 6. The second-order valence-corrected chi connectivity index (χ2v) is 7.94. The number of aromatic nitrogens is 3.